The minimum absolute atomic E-state index is 0.220. The Balaban J connectivity index is -0.000000230. The zero-order chi connectivity index (χ0) is 17.4. The van der Waals surface area contributed by atoms with Crippen LogP contribution in [0.2, 0.25) is 0 Å². The second-order valence-electron chi connectivity index (χ2n) is 3.13. The molecule has 0 unspecified atom stereocenters. The molecule has 0 aromatic heterocycles. The summed E-state index contributed by atoms with van der Waals surface area (Å²) in [4.78, 5) is 36.8. The molecule has 0 aliphatic carbocycles. The normalized spacial score (nSPS) is 7.38. The van der Waals surface area contributed by atoms with Crippen molar-refractivity contribution in [3.8, 4) is 0 Å². The first kappa shape index (κ1) is 23.2. The number of hydrogen-bond acceptors (Lipinski definition) is 8. The molecule has 0 spiro atoms. The summed E-state index contributed by atoms with van der Waals surface area (Å²) in [6, 6.07) is 8.06. The first-order valence-electron chi connectivity index (χ1n) is 5.29. The molecule has 0 N–H and O–H groups in total. The van der Waals surface area contributed by atoms with Crippen molar-refractivity contribution in [1.29, 1.82) is 0 Å². The van der Waals surface area contributed by atoms with E-state index in [0.29, 0.717) is 0 Å². The largest absolute Gasteiger partial charge is 0.550 e. The van der Waals surface area contributed by atoms with Crippen LogP contribution in [-0.4, -0.2) is 23.9 Å². The second kappa shape index (κ2) is 15.2. The van der Waals surface area contributed by atoms with Crippen LogP contribution < -0.4 is 20.4 Å². The van der Waals surface area contributed by atoms with E-state index in [2.05, 4.69) is 0 Å². The van der Waals surface area contributed by atoms with E-state index in [1.54, 1.807) is 18.2 Å². The summed E-state index contributed by atoms with van der Waals surface area (Å²) in [5, 5.41) is 36.8. The van der Waals surface area contributed by atoms with Crippen molar-refractivity contribution in [3.05, 3.63) is 35.9 Å². The number of carboxylic acids is 4. The molecule has 0 amide bonds. The fraction of sp³-hybridized carbons (Fsp3) is 0.231. The molecular formula is C13H14O8-4. The first-order chi connectivity index (χ1) is 9.50. The van der Waals surface area contributed by atoms with E-state index in [1.165, 1.54) is 12.1 Å². The van der Waals surface area contributed by atoms with Gasteiger partial charge in [0.1, 0.15) is 0 Å². The van der Waals surface area contributed by atoms with E-state index in [0.717, 1.165) is 20.8 Å². The van der Waals surface area contributed by atoms with Crippen LogP contribution in [0.5, 0.6) is 0 Å². The molecule has 1 aromatic carbocycles. The average molecular weight is 298 g/mol. The highest BCUT2D eigenvalue weighted by Gasteiger charge is 1.85. The Morgan fingerprint density at radius 2 is 0.905 bits per heavy atom. The molecule has 0 aliphatic heterocycles. The fourth-order valence-electron chi connectivity index (χ4n) is 0.574. The van der Waals surface area contributed by atoms with Gasteiger partial charge >= 0.3 is 0 Å². The van der Waals surface area contributed by atoms with Crippen molar-refractivity contribution >= 4 is 23.9 Å². The Bertz CT molecular complexity index is 398. The van der Waals surface area contributed by atoms with Gasteiger partial charge < -0.3 is 39.6 Å². The van der Waals surface area contributed by atoms with Gasteiger partial charge in [0.05, 0.1) is 5.97 Å². The van der Waals surface area contributed by atoms with Crippen molar-refractivity contribution in [1.82, 2.24) is 0 Å². The lowest BCUT2D eigenvalue weighted by atomic mass is 10.2. The first-order valence-corrected chi connectivity index (χ1v) is 5.29. The maximum absolute atomic E-state index is 10.1. The average Bonchev–Trinajstić information content (AvgIpc) is 2.27. The number of benzene rings is 1. The molecular weight excluding hydrogens is 284 g/mol. The number of rotatable bonds is 1. The predicted molar refractivity (Wildman–Crippen MR) is 62.8 cm³/mol. The zero-order valence-corrected chi connectivity index (χ0v) is 11.7. The smallest absolute Gasteiger partial charge is 0.0715 e. The standard InChI is InChI=1S/C7H6O2.3C2H4O2/c8-7(9)6-4-2-1-3-5-6;3*1-2(3)4/h1-5H,(H,8,9);3*1H3,(H,3,4)/p-4. The zero-order valence-electron chi connectivity index (χ0n) is 11.7. The lowest BCUT2D eigenvalue weighted by Crippen LogP contribution is -2.21. The third-order valence-corrected chi connectivity index (χ3v) is 1.01. The van der Waals surface area contributed by atoms with Gasteiger partial charge in [0, 0.05) is 17.9 Å². The van der Waals surface area contributed by atoms with Gasteiger partial charge in [0.15, 0.2) is 0 Å². The highest BCUT2D eigenvalue weighted by Crippen LogP contribution is 1.94. The fourth-order valence-corrected chi connectivity index (χ4v) is 0.574. The van der Waals surface area contributed by atoms with E-state index in [9.17, 15) is 9.90 Å². The van der Waals surface area contributed by atoms with Gasteiger partial charge in [-0.25, -0.2) is 0 Å². The highest BCUT2D eigenvalue weighted by atomic mass is 16.4. The van der Waals surface area contributed by atoms with E-state index in [1.807, 2.05) is 0 Å². The summed E-state index contributed by atoms with van der Waals surface area (Å²) >= 11 is 0. The van der Waals surface area contributed by atoms with Crippen LogP contribution in [0.15, 0.2) is 30.3 Å². The minimum atomic E-state index is -1.13. The van der Waals surface area contributed by atoms with Crippen LogP contribution in [0.4, 0.5) is 0 Å². The molecule has 0 saturated carbocycles. The number of carbonyl (C=O) groups excluding carboxylic acids is 4. The van der Waals surface area contributed by atoms with Gasteiger partial charge in [0.2, 0.25) is 0 Å². The molecule has 0 fully saturated rings. The van der Waals surface area contributed by atoms with E-state index in [-0.39, 0.29) is 5.56 Å². The minimum Gasteiger partial charge on any atom is -0.550 e. The van der Waals surface area contributed by atoms with Crippen LogP contribution in [0.3, 0.4) is 0 Å². The van der Waals surface area contributed by atoms with Crippen molar-refractivity contribution in [3.63, 3.8) is 0 Å². The molecule has 0 radical (unpaired) electrons. The molecule has 8 nitrogen and oxygen atoms in total. The second-order valence-corrected chi connectivity index (χ2v) is 3.13. The number of aliphatic carboxylic acids is 3. The molecule has 21 heavy (non-hydrogen) atoms. The molecule has 8 heteroatoms. The molecule has 0 saturated heterocycles. The number of hydrogen-bond donors (Lipinski definition) is 0. The molecule has 0 atom stereocenters. The summed E-state index contributed by atoms with van der Waals surface area (Å²) in [7, 11) is 0. The van der Waals surface area contributed by atoms with Crippen molar-refractivity contribution in [2.75, 3.05) is 0 Å². The van der Waals surface area contributed by atoms with Gasteiger partial charge in [-0.05, 0) is 26.3 Å². The monoisotopic (exact) mass is 298 g/mol. The summed E-state index contributed by atoms with van der Waals surface area (Å²) in [5.74, 6) is -4.38. The maximum Gasteiger partial charge on any atom is 0.0715 e. The lowest BCUT2D eigenvalue weighted by molar-refractivity contribution is -0.303. The molecule has 0 bridgehead atoms. The van der Waals surface area contributed by atoms with Crippen LogP contribution in [-0.2, 0) is 14.4 Å². The molecule has 0 aliphatic rings. The van der Waals surface area contributed by atoms with E-state index in [4.69, 9.17) is 29.7 Å². The number of carbonyl (C=O) groups is 4. The third kappa shape index (κ3) is 47.1. The summed E-state index contributed by atoms with van der Waals surface area (Å²) in [6.07, 6.45) is 0. The topological polar surface area (TPSA) is 161 Å². The van der Waals surface area contributed by atoms with Gasteiger partial charge in [-0.3, -0.25) is 0 Å². The van der Waals surface area contributed by atoms with Crippen LogP contribution in [0, 0.1) is 0 Å². The molecule has 1 rings (SSSR count). The Hall–Kier alpha value is -2.90. The Labute approximate surface area is 121 Å². The van der Waals surface area contributed by atoms with Crippen LogP contribution in [0.25, 0.3) is 0 Å². The molecule has 118 valence electrons. The Morgan fingerprint density at radius 3 is 1.05 bits per heavy atom. The molecule has 1 aromatic rings. The third-order valence-electron chi connectivity index (χ3n) is 1.01. The maximum atomic E-state index is 10.1. The Morgan fingerprint density at radius 1 is 0.667 bits per heavy atom. The van der Waals surface area contributed by atoms with Gasteiger partial charge in [0.25, 0.3) is 0 Å². The highest BCUT2D eigenvalue weighted by molar-refractivity contribution is 5.85. The SMILES string of the molecule is CC(=O)[O-].CC(=O)[O-].CC(=O)[O-].O=C([O-])c1ccccc1. The Kier molecular flexibility index (Phi) is 16.8. The van der Waals surface area contributed by atoms with Crippen molar-refractivity contribution in [2.24, 2.45) is 0 Å². The van der Waals surface area contributed by atoms with Crippen LogP contribution in [0.1, 0.15) is 31.1 Å². The van der Waals surface area contributed by atoms with Gasteiger partial charge in [-0.15, -0.1) is 0 Å². The van der Waals surface area contributed by atoms with E-state index < -0.39 is 23.9 Å². The predicted octanol–water partition coefficient (Wildman–Crippen LogP) is -3.68. The van der Waals surface area contributed by atoms with Gasteiger partial charge in [-0.2, -0.15) is 0 Å². The quantitative estimate of drug-likeness (QED) is 0.512. The van der Waals surface area contributed by atoms with Crippen molar-refractivity contribution in [2.45, 2.75) is 20.8 Å². The lowest BCUT2D eigenvalue weighted by Gasteiger charge is -1.97. The van der Waals surface area contributed by atoms with Crippen LogP contribution >= 0.6 is 0 Å². The number of carboxylic acid groups (broad SMARTS) is 4. The van der Waals surface area contributed by atoms with Gasteiger partial charge in [-0.1, -0.05) is 30.3 Å². The van der Waals surface area contributed by atoms with E-state index >= 15 is 0 Å². The summed E-state index contributed by atoms with van der Waals surface area (Å²) in [5.41, 5.74) is 0.220. The van der Waals surface area contributed by atoms with Crippen molar-refractivity contribution < 1.29 is 39.6 Å². The summed E-state index contributed by atoms with van der Waals surface area (Å²) in [6.45, 7) is 2.92. The summed E-state index contributed by atoms with van der Waals surface area (Å²) < 4.78 is 0. The number of aromatic carboxylic acids is 1. The molecule has 0 heterocycles.